The Kier molecular flexibility index (Phi) is 11.5. The zero-order valence-electron chi connectivity index (χ0n) is 27.5. The number of fused-ring (bicyclic) bond motifs is 1. The van der Waals surface area contributed by atoms with Gasteiger partial charge in [-0.25, -0.2) is 9.78 Å². The predicted octanol–water partition coefficient (Wildman–Crippen LogP) is 8.25. The quantitative estimate of drug-likeness (QED) is 0.141. The van der Waals surface area contributed by atoms with Gasteiger partial charge in [0.25, 0.3) is 5.56 Å². The first kappa shape index (κ1) is 33.5. The average molecular weight is 610 g/mol. The van der Waals surface area contributed by atoms with E-state index in [2.05, 4.69) is 68.6 Å². The van der Waals surface area contributed by atoms with Gasteiger partial charge in [0.15, 0.2) is 0 Å². The molecule has 0 atom stereocenters. The molecule has 8 nitrogen and oxygen atoms in total. The summed E-state index contributed by atoms with van der Waals surface area (Å²) < 4.78 is 7.75. The van der Waals surface area contributed by atoms with Gasteiger partial charge in [-0.1, -0.05) is 78.0 Å². The van der Waals surface area contributed by atoms with Crippen molar-refractivity contribution in [3.63, 3.8) is 0 Å². The minimum absolute atomic E-state index is 0.186. The lowest BCUT2D eigenvalue weighted by Gasteiger charge is -2.22. The number of urea groups is 1. The van der Waals surface area contributed by atoms with Crippen LogP contribution in [0.25, 0.3) is 22.2 Å². The van der Waals surface area contributed by atoms with Crippen LogP contribution in [0.2, 0.25) is 0 Å². The van der Waals surface area contributed by atoms with Crippen LogP contribution >= 0.6 is 0 Å². The van der Waals surface area contributed by atoms with Crippen molar-refractivity contribution in [2.75, 3.05) is 36.9 Å². The van der Waals surface area contributed by atoms with Gasteiger partial charge in [0, 0.05) is 35.9 Å². The van der Waals surface area contributed by atoms with Gasteiger partial charge < -0.3 is 20.3 Å². The highest BCUT2D eigenvalue weighted by Crippen LogP contribution is 2.36. The number of aromatic nitrogens is 2. The summed E-state index contributed by atoms with van der Waals surface area (Å²) in [6.45, 7) is 20.2. The number of hydrogen-bond acceptors (Lipinski definition) is 5. The van der Waals surface area contributed by atoms with Crippen molar-refractivity contribution in [1.29, 1.82) is 0 Å². The summed E-state index contributed by atoms with van der Waals surface area (Å²) >= 11 is 0. The number of pyridine rings is 2. The molecule has 4 rings (SSSR count). The number of benzene rings is 2. The first-order valence-electron chi connectivity index (χ1n) is 16.0. The van der Waals surface area contributed by atoms with Crippen LogP contribution in [0, 0.1) is 0 Å². The van der Waals surface area contributed by atoms with E-state index in [9.17, 15) is 9.59 Å². The first-order valence-corrected chi connectivity index (χ1v) is 16.0. The Bertz CT molecular complexity index is 1660. The highest BCUT2D eigenvalue weighted by atomic mass is 16.5. The second-order valence-corrected chi connectivity index (χ2v) is 11.8. The molecule has 0 aliphatic carbocycles. The fourth-order valence-electron chi connectivity index (χ4n) is 5.65. The van der Waals surface area contributed by atoms with E-state index in [0.29, 0.717) is 36.5 Å². The van der Waals surface area contributed by atoms with E-state index < -0.39 is 6.03 Å². The van der Waals surface area contributed by atoms with E-state index in [1.807, 2.05) is 54.6 Å². The van der Waals surface area contributed by atoms with Crippen LogP contribution < -0.4 is 20.9 Å². The third-order valence-electron chi connectivity index (χ3n) is 8.12. The summed E-state index contributed by atoms with van der Waals surface area (Å²) in [5, 5.41) is 6.84. The molecule has 2 heterocycles. The molecule has 238 valence electrons. The van der Waals surface area contributed by atoms with E-state index in [1.54, 1.807) is 16.8 Å². The van der Waals surface area contributed by atoms with Crippen molar-refractivity contribution in [3.8, 4) is 16.9 Å². The summed E-state index contributed by atoms with van der Waals surface area (Å²) in [6.07, 6.45) is 4.02. The number of anilines is 2. The molecule has 0 saturated carbocycles. The highest BCUT2D eigenvalue weighted by Gasteiger charge is 2.23. The SMILES string of the molecule is C=CCCn1c(=O)c(NC(=O)Nc2c(C(C)C)cccc2C(C)C)c(-c2cccc(OCCN(CC)CC)c2)c2cccnc21. The molecule has 2 aromatic carbocycles. The standard InChI is InChI=1S/C37H47N5O3/c1-8-11-21-42-35-31(19-14-20-38-35)32(27-15-12-16-28(24-27)45-23-22-41(9-2)10-3)34(36(42)43)40-37(44)39-33-29(25(4)5)17-13-18-30(33)26(6)7/h8,12-20,24-26H,1,9-11,21-23H2,2-7H3,(H2,39,40,44). The second kappa shape index (κ2) is 15.5. The second-order valence-electron chi connectivity index (χ2n) is 11.8. The van der Waals surface area contributed by atoms with Crippen LogP contribution in [0.5, 0.6) is 5.75 Å². The molecule has 0 radical (unpaired) electrons. The third-order valence-corrected chi connectivity index (χ3v) is 8.12. The van der Waals surface area contributed by atoms with Gasteiger partial charge in [-0.05, 0) is 72.3 Å². The van der Waals surface area contributed by atoms with E-state index in [4.69, 9.17) is 4.74 Å². The molecule has 45 heavy (non-hydrogen) atoms. The minimum atomic E-state index is -0.478. The summed E-state index contributed by atoms with van der Waals surface area (Å²) in [5.41, 5.74) is 4.61. The van der Waals surface area contributed by atoms with Gasteiger partial charge >= 0.3 is 6.03 Å². The Morgan fingerprint density at radius 1 is 0.978 bits per heavy atom. The molecule has 4 aromatic rings. The number of nitrogens with zero attached hydrogens (tertiary/aromatic N) is 3. The van der Waals surface area contributed by atoms with Gasteiger partial charge in [-0.2, -0.15) is 0 Å². The topological polar surface area (TPSA) is 88.5 Å². The molecule has 2 N–H and O–H groups in total. The van der Waals surface area contributed by atoms with Crippen molar-refractivity contribution in [1.82, 2.24) is 14.5 Å². The lowest BCUT2D eigenvalue weighted by molar-refractivity contribution is 0.223. The maximum Gasteiger partial charge on any atom is 0.323 e. The van der Waals surface area contributed by atoms with Gasteiger partial charge in [0.05, 0.1) is 0 Å². The molecule has 8 heteroatoms. The lowest BCUT2D eigenvalue weighted by atomic mass is 9.93. The van der Waals surface area contributed by atoms with Crippen LogP contribution in [0.15, 0.2) is 78.2 Å². The van der Waals surface area contributed by atoms with E-state index >= 15 is 0 Å². The number of allylic oxidation sites excluding steroid dienone is 1. The number of para-hydroxylation sites is 1. The Hall–Kier alpha value is -4.43. The Morgan fingerprint density at radius 2 is 1.64 bits per heavy atom. The molecule has 0 unspecified atom stereocenters. The minimum Gasteiger partial charge on any atom is -0.492 e. The molecule has 2 aromatic heterocycles. The maximum absolute atomic E-state index is 14.2. The van der Waals surface area contributed by atoms with Crippen LogP contribution in [0.3, 0.4) is 0 Å². The van der Waals surface area contributed by atoms with Crippen LogP contribution in [-0.4, -0.2) is 46.7 Å². The Labute approximate surface area is 267 Å². The van der Waals surface area contributed by atoms with Crippen molar-refractivity contribution >= 4 is 28.4 Å². The Balaban J connectivity index is 1.82. The van der Waals surface area contributed by atoms with Gasteiger partial charge in [-0.15, -0.1) is 6.58 Å². The van der Waals surface area contributed by atoms with Crippen LogP contribution in [-0.2, 0) is 6.54 Å². The molecular formula is C37H47N5O3. The summed E-state index contributed by atoms with van der Waals surface area (Å²) in [6, 6.07) is 17.1. The zero-order valence-corrected chi connectivity index (χ0v) is 27.5. The molecule has 0 fully saturated rings. The number of hydrogen-bond donors (Lipinski definition) is 2. The summed E-state index contributed by atoms with van der Waals surface area (Å²) in [7, 11) is 0. The highest BCUT2D eigenvalue weighted by molar-refractivity contribution is 6.07. The average Bonchev–Trinajstić information content (AvgIpc) is 3.03. The zero-order chi connectivity index (χ0) is 32.5. The normalized spacial score (nSPS) is 11.4. The van der Waals surface area contributed by atoms with E-state index in [-0.39, 0.29) is 23.1 Å². The molecule has 0 aliphatic heterocycles. The fourth-order valence-corrected chi connectivity index (χ4v) is 5.65. The number of ether oxygens (including phenoxy) is 1. The van der Waals surface area contributed by atoms with E-state index in [0.717, 1.165) is 47.4 Å². The van der Waals surface area contributed by atoms with Crippen molar-refractivity contribution in [2.24, 2.45) is 0 Å². The number of likely N-dealkylation sites (N-methyl/N-ethyl adjacent to an activating group) is 1. The smallest absolute Gasteiger partial charge is 0.323 e. The molecule has 0 spiro atoms. The molecule has 0 saturated heterocycles. The van der Waals surface area contributed by atoms with E-state index in [1.165, 1.54) is 0 Å². The molecule has 0 aliphatic rings. The van der Waals surface area contributed by atoms with Crippen molar-refractivity contribution < 1.29 is 9.53 Å². The fraction of sp³-hybridized carbons (Fsp3) is 0.378. The van der Waals surface area contributed by atoms with Gasteiger partial charge in [-0.3, -0.25) is 9.36 Å². The van der Waals surface area contributed by atoms with Gasteiger partial charge in [0.2, 0.25) is 0 Å². The Morgan fingerprint density at radius 3 is 2.29 bits per heavy atom. The summed E-state index contributed by atoms with van der Waals surface area (Å²) in [4.78, 5) is 35.0. The first-order chi connectivity index (χ1) is 21.7. The summed E-state index contributed by atoms with van der Waals surface area (Å²) in [5.74, 6) is 1.08. The number of carbonyl (C=O) groups excluding carboxylic acids is 1. The molecule has 0 bridgehead atoms. The number of rotatable bonds is 14. The molecular weight excluding hydrogens is 562 g/mol. The monoisotopic (exact) mass is 609 g/mol. The van der Waals surface area contributed by atoms with Crippen molar-refractivity contribution in [2.45, 2.75) is 66.3 Å². The van der Waals surface area contributed by atoms with Crippen LogP contribution in [0.4, 0.5) is 16.2 Å². The number of aryl methyl sites for hydroxylation is 1. The van der Waals surface area contributed by atoms with Crippen molar-refractivity contribution in [3.05, 3.63) is 94.9 Å². The molecule has 2 amide bonds. The largest absolute Gasteiger partial charge is 0.492 e. The lowest BCUT2D eigenvalue weighted by Crippen LogP contribution is -2.30. The number of amides is 2. The third kappa shape index (κ3) is 7.81. The van der Waals surface area contributed by atoms with Gasteiger partial charge in [0.1, 0.15) is 23.7 Å². The number of carbonyl (C=O) groups is 1. The maximum atomic E-state index is 14.2. The van der Waals surface area contributed by atoms with Crippen LogP contribution in [0.1, 0.15) is 70.9 Å². The number of nitrogens with one attached hydrogen (secondary N) is 2. The predicted molar refractivity (Wildman–Crippen MR) is 187 cm³/mol.